The molecule has 1 rings (SSSR count). The van der Waals surface area contributed by atoms with Gasteiger partial charge in [0.25, 0.3) is 0 Å². The molecule has 0 radical (unpaired) electrons. The third kappa shape index (κ3) is 2.36. The lowest BCUT2D eigenvalue weighted by Crippen LogP contribution is -2.09. The highest BCUT2D eigenvalue weighted by Gasteiger charge is 2.13. The molecule has 0 fully saturated rings. The highest BCUT2D eigenvalue weighted by atomic mass is 35.5. The van der Waals surface area contributed by atoms with E-state index >= 15 is 0 Å². The van der Waals surface area contributed by atoms with Crippen molar-refractivity contribution in [1.82, 2.24) is 0 Å². The standard InChI is InChI=1S/C10H14FNO.ClH/c1-3-8(12)7-5-4-6(2)9(11)10(7)13;/h4-5,8,13H,3,12H2,1-2H3;1H/t8-;/m0./s1. The summed E-state index contributed by atoms with van der Waals surface area (Å²) in [5.74, 6) is -0.879. The van der Waals surface area contributed by atoms with E-state index in [1.807, 2.05) is 6.92 Å². The van der Waals surface area contributed by atoms with Crippen LogP contribution in [0.1, 0.15) is 30.5 Å². The summed E-state index contributed by atoms with van der Waals surface area (Å²) in [6.07, 6.45) is 0.677. The Labute approximate surface area is 89.3 Å². The van der Waals surface area contributed by atoms with Gasteiger partial charge in [-0.05, 0) is 18.9 Å². The first-order valence-electron chi connectivity index (χ1n) is 4.31. The van der Waals surface area contributed by atoms with Crippen LogP contribution >= 0.6 is 12.4 Å². The Bertz CT molecular complexity index is 317. The van der Waals surface area contributed by atoms with Crippen LogP contribution in [0.25, 0.3) is 0 Å². The van der Waals surface area contributed by atoms with Gasteiger partial charge >= 0.3 is 0 Å². The first-order valence-corrected chi connectivity index (χ1v) is 4.31. The molecule has 0 aliphatic rings. The number of aryl methyl sites for hydroxylation is 1. The van der Waals surface area contributed by atoms with Gasteiger partial charge in [0, 0.05) is 11.6 Å². The summed E-state index contributed by atoms with van der Waals surface area (Å²) in [5.41, 5.74) is 6.60. The van der Waals surface area contributed by atoms with Crippen molar-refractivity contribution in [2.24, 2.45) is 5.73 Å². The molecule has 1 atom stereocenters. The predicted octanol–water partition coefficient (Wildman–Crippen LogP) is 2.67. The maximum absolute atomic E-state index is 13.2. The smallest absolute Gasteiger partial charge is 0.168 e. The van der Waals surface area contributed by atoms with E-state index in [4.69, 9.17) is 5.73 Å². The van der Waals surface area contributed by atoms with Gasteiger partial charge in [-0.25, -0.2) is 4.39 Å². The zero-order valence-corrected chi connectivity index (χ0v) is 9.07. The van der Waals surface area contributed by atoms with Crippen molar-refractivity contribution in [3.63, 3.8) is 0 Å². The van der Waals surface area contributed by atoms with E-state index in [2.05, 4.69) is 0 Å². The number of rotatable bonds is 2. The maximum Gasteiger partial charge on any atom is 0.168 e. The van der Waals surface area contributed by atoms with Crippen LogP contribution in [0.5, 0.6) is 5.75 Å². The van der Waals surface area contributed by atoms with Crippen LogP contribution in [0.3, 0.4) is 0 Å². The van der Waals surface area contributed by atoms with Crippen molar-refractivity contribution in [1.29, 1.82) is 0 Å². The van der Waals surface area contributed by atoms with E-state index < -0.39 is 5.82 Å². The first-order chi connectivity index (χ1) is 6.07. The van der Waals surface area contributed by atoms with Crippen molar-refractivity contribution in [3.8, 4) is 5.75 Å². The van der Waals surface area contributed by atoms with Crippen molar-refractivity contribution in [2.75, 3.05) is 0 Å². The van der Waals surface area contributed by atoms with E-state index in [-0.39, 0.29) is 24.2 Å². The molecular formula is C10H15ClFNO. The minimum atomic E-state index is -0.568. The molecule has 0 heterocycles. The molecule has 1 aromatic rings. The van der Waals surface area contributed by atoms with Gasteiger partial charge in [0.05, 0.1) is 0 Å². The fourth-order valence-electron chi connectivity index (χ4n) is 1.20. The molecule has 0 aliphatic carbocycles. The van der Waals surface area contributed by atoms with Gasteiger partial charge in [-0.2, -0.15) is 0 Å². The lowest BCUT2D eigenvalue weighted by molar-refractivity contribution is 0.417. The molecule has 1 aromatic carbocycles. The molecule has 0 aliphatic heterocycles. The monoisotopic (exact) mass is 219 g/mol. The maximum atomic E-state index is 13.2. The number of nitrogens with two attached hydrogens (primary N) is 1. The molecular weight excluding hydrogens is 205 g/mol. The summed E-state index contributed by atoms with van der Waals surface area (Å²) in [7, 11) is 0. The quantitative estimate of drug-likeness (QED) is 0.804. The van der Waals surface area contributed by atoms with Crippen LogP contribution in [0.2, 0.25) is 0 Å². The third-order valence-corrected chi connectivity index (χ3v) is 2.18. The van der Waals surface area contributed by atoms with Crippen molar-refractivity contribution in [2.45, 2.75) is 26.3 Å². The number of phenolic OH excluding ortho intramolecular Hbond substituents is 1. The van der Waals surface area contributed by atoms with Gasteiger partial charge in [-0.3, -0.25) is 0 Å². The molecule has 0 saturated heterocycles. The largest absolute Gasteiger partial charge is 0.505 e. The average Bonchev–Trinajstić information content (AvgIpc) is 2.13. The minimum absolute atomic E-state index is 0. The molecule has 3 N–H and O–H groups in total. The fraction of sp³-hybridized carbons (Fsp3) is 0.400. The molecule has 0 unspecified atom stereocenters. The molecule has 0 spiro atoms. The predicted molar refractivity (Wildman–Crippen MR) is 57.3 cm³/mol. The molecule has 80 valence electrons. The van der Waals surface area contributed by atoms with E-state index in [1.54, 1.807) is 19.1 Å². The third-order valence-electron chi connectivity index (χ3n) is 2.18. The van der Waals surface area contributed by atoms with Gasteiger partial charge < -0.3 is 10.8 Å². The number of aromatic hydroxyl groups is 1. The SMILES string of the molecule is CC[C@H](N)c1ccc(C)c(F)c1O.Cl. The van der Waals surface area contributed by atoms with E-state index in [0.717, 1.165) is 0 Å². The van der Waals surface area contributed by atoms with Gasteiger partial charge in [0.1, 0.15) is 0 Å². The van der Waals surface area contributed by atoms with Gasteiger partial charge in [-0.15, -0.1) is 12.4 Å². The van der Waals surface area contributed by atoms with Crippen LogP contribution in [-0.2, 0) is 0 Å². The second-order valence-corrected chi connectivity index (χ2v) is 3.15. The Hall–Kier alpha value is -0.800. The molecule has 0 bridgehead atoms. The van der Waals surface area contributed by atoms with Crippen molar-refractivity contribution in [3.05, 3.63) is 29.1 Å². The summed E-state index contributed by atoms with van der Waals surface area (Å²) in [5, 5.41) is 9.42. The number of phenols is 1. The van der Waals surface area contributed by atoms with Crippen LogP contribution in [0.4, 0.5) is 4.39 Å². The molecule has 14 heavy (non-hydrogen) atoms. The molecule has 4 heteroatoms. The lowest BCUT2D eigenvalue weighted by Gasteiger charge is -2.12. The number of benzene rings is 1. The normalized spacial score (nSPS) is 12.0. The Kier molecular flexibility index (Phi) is 4.88. The Morgan fingerprint density at radius 2 is 2.07 bits per heavy atom. The van der Waals surface area contributed by atoms with Gasteiger partial charge in [0.2, 0.25) is 0 Å². The highest BCUT2D eigenvalue weighted by molar-refractivity contribution is 5.85. The fourth-order valence-corrected chi connectivity index (χ4v) is 1.20. The van der Waals surface area contributed by atoms with Crippen LogP contribution in [0.15, 0.2) is 12.1 Å². The number of halogens is 2. The second kappa shape index (κ2) is 5.17. The van der Waals surface area contributed by atoms with Crippen LogP contribution in [-0.4, -0.2) is 5.11 Å². The van der Waals surface area contributed by atoms with E-state index in [9.17, 15) is 9.50 Å². The van der Waals surface area contributed by atoms with Gasteiger partial charge in [0.15, 0.2) is 11.6 Å². The zero-order valence-electron chi connectivity index (χ0n) is 8.25. The molecule has 0 aromatic heterocycles. The summed E-state index contributed by atoms with van der Waals surface area (Å²) in [6, 6.07) is 3.00. The summed E-state index contributed by atoms with van der Waals surface area (Å²) in [6.45, 7) is 3.50. The zero-order chi connectivity index (χ0) is 10.0. The Morgan fingerprint density at radius 1 is 1.50 bits per heavy atom. The number of hydrogen-bond donors (Lipinski definition) is 2. The van der Waals surface area contributed by atoms with E-state index in [1.165, 1.54) is 0 Å². The summed E-state index contributed by atoms with van der Waals surface area (Å²) >= 11 is 0. The van der Waals surface area contributed by atoms with Crippen molar-refractivity contribution >= 4 is 12.4 Å². The van der Waals surface area contributed by atoms with E-state index in [0.29, 0.717) is 17.5 Å². The summed E-state index contributed by atoms with van der Waals surface area (Å²) in [4.78, 5) is 0. The first kappa shape index (κ1) is 13.2. The minimum Gasteiger partial charge on any atom is -0.505 e. The van der Waals surface area contributed by atoms with Crippen molar-refractivity contribution < 1.29 is 9.50 Å². The van der Waals surface area contributed by atoms with Gasteiger partial charge in [-0.1, -0.05) is 19.1 Å². The Balaban J connectivity index is 0.00000169. The molecule has 0 amide bonds. The van der Waals surface area contributed by atoms with Crippen LogP contribution < -0.4 is 5.73 Å². The summed E-state index contributed by atoms with van der Waals surface area (Å²) < 4.78 is 13.2. The lowest BCUT2D eigenvalue weighted by atomic mass is 10.0. The molecule has 0 saturated carbocycles. The highest BCUT2D eigenvalue weighted by Crippen LogP contribution is 2.28. The second-order valence-electron chi connectivity index (χ2n) is 3.15. The average molecular weight is 220 g/mol. The Morgan fingerprint density at radius 3 is 2.57 bits per heavy atom. The molecule has 2 nitrogen and oxygen atoms in total. The number of hydrogen-bond acceptors (Lipinski definition) is 2. The topological polar surface area (TPSA) is 46.2 Å². The van der Waals surface area contributed by atoms with Crippen LogP contribution in [0, 0.1) is 12.7 Å².